The maximum atomic E-state index is 13.1. The number of thiocarbonyl (C=S) groups is 1. The molecule has 2 saturated heterocycles. The molecule has 2 aromatic rings. The topological polar surface area (TPSA) is 75.9 Å². The zero-order valence-corrected chi connectivity index (χ0v) is 17.0. The van der Waals surface area contributed by atoms with Crippen molar-refractivity contribution in [2.75, 3.05) is 25.0 Å². The van der Waals surface area contributed by atoms with E-state index in [0.717, 1.165) is 19.4 Å². The lowest BCUT2D eigenvalue weighted by atomic mass is 10.2. The van der Waals surface area contributed by atoms with Gasteiger partial charge in [-0.05, 0) is 38.0 Å². The van der Waals surface area contributed by atoms with Gasteiger partial charge in [0.2, 0.25) is 0 Å². The maximum Gasteiger partial charge on any atom is 0.267 e. The molecule has 0 aliphatic carbocycles. The fraction of sp³-hybridized carbons (Fsp3) is 0.368. The molecule has 2 aliphatic heterocycles. The molecular formula is C19H20N4O3S2. The summed E-state index contributed by atoms with van der Waals surface area (Å²) in [6.45, 7) is 3.69. The molecule has 0 unspecified atom stereocenters. The van der Waals surface area contributed by atoms with Crippen molar-refractivity contribution in [3.63, 3.8) is 0 Å². The van der Waals surface area contributed by atoms with Gasteiger partial charge in [0.1, 0.15) is 15.8 Å². The molecule has 1 amide bonds. The SMILES string of the molecule is CCN1C(=O)/C(=C\c2c(NC[C@H]3CCCO3)nc3ccccn3c2=O)SC1=S. The van der Waals surface area contributed by atoms with Crippen molar-refractivity contribution in [1.82, 2.24) is 14.3 Å². The smallest absolute Gasteiger partial charge is 0.267 e. The highest BCUT2D eigenvalue weighted by Gasteiger charge is 2.31. The summed E-state index contributed by atoms with van der Waals surface area (Å²) >= 11 is 6.48. The van der Waals surface area contributed by atoms with E-state index in [9.17, 15) is 9.59 Å². The molecule has 2 aromatic heterocycles. The van der Waals surface area contributed by atoms with E-state index in [1.165, 1.54) is 21.1 Å². The van der Waals surface area contributed by atoms with Gasteiger partial charge in [-0.3, -0.25) is 18.9 Å². The lowest BCUT2D eigenvalue weighted by molar-refractivity contribution is -0.121. The average molecular weight is 417 g/mol. The van der Waals surface area contributed by atoms with Crippen LogP contribution in [-0.2, 0) is 9.53 Å². The third kappa shape index (κ3) is 3.57. The molecule has 4 heterocycles. The van der Waals surface area contributed by atoms with Crippen molar-refractivity contribution in [2.45, 2.75) is 25.9 Å². The van der Waals surface area contributed by atoms with Crippen LogP contribution in [0.1, 0.15) is 25.3 Å². The molecule has 28 heavy (non-hydrogen) atoms. The van der Waals surface area contributed by atoms with Crippen LogP contribution >= 0.6 is 24.0 Å². The Balaban J connectivity index is 1.76. The molecule has 146 valence electrons. The number of nitrogens with zero attached hydrogens (tertiary/aromatic N) is 3. The lowest BCUT2D eigenvalue weighted by Crippen LogP contribution is -2.27. The van der Waals surface area contributed by atoms with Crippen LogP contribution in [-0.4, -0.2) is 50.3 Å². The average Bonchev–Trinajstić information content (AvgIpc) is 3.30. The van der Waals surface area contributed by atoms with Crippen molar-refractivity contribution in [3.05, 3.63) is 45.2 Å². The Labute approximate surface area is 171 Å². The first-order valence-electron chi connectivity index (χ1n) is 9.20. The molecule has 9 heteroatoms. The summed E-state index contributed by atoms with van der Waals surface area (Å²) in [4.78, 5) is 32.3. The first-order chi connectivity index (χ1) is 13.6. The molecule has 4 rings (SSSR count). The number of rotatable bonds is 5. The summed E-state index contributed by atoms with van der Waals surface area (Å²) in [6, 6.07) is 5.38. The largest absolute Gasteiger partial charge is 0.376 e. The molecule has 0 aromatic carbocycles. The first-order valence-corrected chi connectivity index (χ1v) is 10.4. The predicted molar refractivity (Wildman–Crippen MR) is 114 cm³/mol. The van der Waals surface area contributed by atoms with Gasteiger partial charge in [0.05, 0.1) is 16.6 Å². The van der Waals surface area contributed by atoms with Gasteiger partial charge in [-0.1, -0.05) is 30.0 Å². The number of fused-ring (bicyclic) bond motifs is 1. The number of pyridine rings is 1. The number of nitrogens with one attached hydrogen (secondary N) is 1. The number of amides is 1. The third-order valence-electron chi connectivity index (χ3n) is 4.76. The minimum atomic E-state index is -0.234. The number of thioether (sulfide) groups is 1. The number of carbonyl (C=O) groups excluding carboxylic acids is 1. The Morgan fingerprint density at radius 2 is 2.29 bits per heavy atom. The highest BCUT2D eigenvalue weighted by atomic mass is 32.2. The van der Waals surface area contributed by atoms with E-state index in [2.05, 4.69) is 10.3 Å². The molecule has 0 saturated carbocycles. The van der Waals surface area contributed by atoms with Crippen molar-refractivity contribution in [3.8, 4) is 0 Å². The molecule has 1 N–H and O–H groups in total. The highest BCUT2D eigenvalue weighted by molar-refractivity contribution is 8.26. The summed E-state index contributed by atoms with van der Waals surface area (Å²) in [6.07, 6.45) is 5.38. The monoisotopic (exact) mass is 416 g/mol. The Kier molecular flexibility index (Phi) is 5.47. The van der Waals surface area contributed by atoms with Gasteiger partial charge in [0, 0.05) is 25.9 Å². The second kappa shape index (κ2) is 8.02. The van der Waals surface area contributed by atoms with Crippen molar-refractivity contribution >= 4 is 51.7 Å². The lowest BCUT2D eigenvalue weighted by Gasteiger charge is -2.14. The van der Waals surface area contributed by atoms with Crippen LogP contribution in [0.2, 0.25) is 0 Å². The Morgan fingerprint density at radius 3 is 3.00 bits per heavy atom. The zero-order chi connectivity index (χ0) is 19.7. The van der Waals surface area contributed by atoms with Crippen molar-refractivity contribution < 1.29 is 9.53 Å². The van der Waals surface area contributed by atoms with Crippen LogP contribution in [0.15, 0.2) is 34.1 Å². The van der Waals surface area contributed by atoms with Gasteiger partial charge < -0.3 is 10.1 Å². The summed E-state index contributed by atoms with van der Waals surface area (Å²) in [5.41, 5.74) is 0.654. The van der Waals surface area contributed by atoms with E-state index in [0.29, 0.717) is 39.3 Å². The number of hydrogen-bond acceptors (Lipinski definition) is 7. The predicted octanol–water partition coefficient (Wildman–Crippen LogP) is 2.51. The van der Waals surface area contributed by atoms with Gasteiger partial charge in [-0.15, -0.1) is 0 Å². The highest BCUT2D eigenvalue weighted by Crippen LogP contribution is 2.32. The van der Waals surface area contributed by atoms with Gasteiger partial charge in [0.25, 0.3) is 11.5 Å². The summed E-state index contributed by atoms with van der Waals surface area (Å²) in [5.74, 6) is 0.272. The van der Waals surface area contributed by atoms with Crippen molar-refractivity contribution in [2.24, 2.45) is 0 Å². The maximum absolute atomic E-state index is 13.1. The van der Waals surface area contributed by atoms with Gasteiger partial charge in [-0.2, -0.15) is 0 Å². The van der Waals surface area contributed by atoms with E-state index in [1.807, 2.05) is 13.0 Å². The Morgan fingerprint density at radius 1 is 1.43 bits per heavy atom. The van der Waals surface area contributed by atoms with Gasteiger partial charge >= 0.3 is 0 Å². The fourth-order valence-electron chi connectivity index (χ4n) is 3.29. The van der Waals surface area contributed by atoms with Crippen LogP contribution in [0.3, 0.4) is 0 Å². The second-order valence-electron chi connectivity index (χ2n) is 6.55. The van der Waals surface area contributed by atoms with E-state index >= 15 is 0 Å². The Hall–Kier alpha value is -2.23. The molecule has 1 atom stereocenters. The number of carbonyl (C=O) groups is 1. The molecule has 0 spiro atoms. The molecule has 0 radical (unpaired) electrons. The van der Waals surface area contributed by atoms with E-state index < -0.39 is 0 Å². The van der Waals surface area contributed by atoms with Crippen LogP contribution < -0.4 is 10.9 Å². The normalized spacial score (nSPS) is 21.2. The second-order valence-corrected chi connectivity index (χ2v) is 8.23. The zero-order valence-electron chi connectivity index (χ0n) is 15.4. The minimum Gasteiger partial charge on any atom is -0.376 e. The Bertz CT molecular complexity index is 1030. The number of anilines is 1. The van der Waals surface area contributed by atoms with Gasteiger partial charge in [0.15, 0.2) is 0 Å². The summed E-state index contributed by atoms with van der Waals surface area (Å²) < 4.78 is 7.63. The van der Waals surface area contributed by atoms with Crippen molar-refractivity contribution in [1.29, 1.82) is 0 Å². The summed E-state index contributed by atoms with van der Waals surface area (Å²) in [5, 5.41) is 3.25. The molecule has 7 nitrogen and oxygen atoms in total. The number of aromatic nitrogens is 2. The van der Waals surface area contributed by atoms with E-state index in [4.69, 9.17) is 17.0 Å². The standard InChI is InChI=1S/C19H20N4O3S2/c1-2-22-18(25)14(28-19(22)27)10-13-16(20-11-12-6-5-9-26-12)21-15-7-3-4-8-23(15)17(13)24/h3-4,7-8,10,12,20H,2,5-6,9,11H2,1H3/b14-10+/t12-/m1/s1. The molecule has 2 fully saturated rings. The first kappa shape index (κ1) is 19.1. The number of likely N-dealkylation sites (N-methyl/N-ethyl adjacent to an activating group) is 1. The van der Waals surface area contributed by atoms with E-state index in [1.54, 1.807) is 24.4 Å². The molecular weight excluding hydrogens is 396 g/mol. The molecule has 0 bridgehead atoms. The van der Waals surface area contributed by atoms with Gasteiger partial charge in [-0.25, -0.2) is 4.98 Å². The molecule has 2 aliphatic rings. The third-order valence-corrected chi connectivity index (χ3v) is 6.13. The summed E-state index contributed by atoms with van der Waals surface area (Å²) in [7, 11) is 0. The quantitative estimate of drug-likeness (QED) is 0.593. The van der Waals surface area contributed by atoms with Crippen LogP contribution in [0.5, 0.6) is 0 Å². The minimum absolute atomic E-state index is 0.0992. The fourth-order valence-corrected chi connectivity index (χ4v) is 4.65. The van der Waals surface area contributed by atoms with Crippen LogP contribution in [0.4, 0.5) is 5.82 Å². The number of hydrogen-bond donors (Lipinski definition) is 1. The van der Waals surface area contributed by atoms with Crippen LogP contribution in [0, 0.1) is 0 Å². The van der Waals surface area contributed by atoms with E-state index in [-0.39, 0.29) is 17.6 Å². The number of ether oxygens (including phenoxy) is 1. The van der Waals surface area contributed by atoms with Crippen LogP contribution in [0.25, 0.3) is 11.7 Å².